The summed E-state index contributed by atoms with van der Waals surface area (Å²) in [6.07, 6.45) is 7.15. The average Bonchev–Trinajstić information content (AvgIpc) is 3.62. The maximum absolute atomic E-state index is 12.2. The lowest BCUT2D eigenvalue weighted by Crippen LogP contribution is -2.20. The first-order valence-corrected chi connectivity index (χ1v) is 11.8. The Bertz CT molecular complexity index is 1520. The number of rotatable bonds is 7. The van der Waals surface area contributed by atoms with Gasteiger partial charge in [-0.1, -0.05) is 30.3 Å². The normalized spacial score (nSPS) is 14.4. The van der Waals surface area contributed by atoms with Crippen molar-refractivity contribution in [3.63, 3.8) is 0 Å². The zero-order valence-corrected chi connectivity index (χ0v) is 19.7. The van der Waals surface area contributed by atoms with E-state index in [2.05, 4.69) is 25.4 Å². The van der Waals surface area contributed by atoms with Crippen molar-refractivity contribution >= 4 is 11.7 Å². The summed E-state index contributed by atoms with van der Waals surface area (Å²) in [6.45, 7) is 0.595. The molecule has 10 heteroatoms. The summed E-state index contributed by atoms with van der Waals surface area (Å²) in [5.41, 5.74) is 3.03. The van der Waals surface area contributed by atoms with Gasteiger partial charge in [0.2, 0.25) is 5.91 Å². The quantitative estimate of drug-likeness (QED) is 0.348. The van der Waals surface area contributed by atoms with Crippen LogP contribution in [0.1, 0.15) is 17.3 Å². The van der Waals surface area contributed by atoms with E-state index < -0.39 is 0 Å². The number of hydrogen-bond acceptors (Lipinski definition) is 7. The molecule has 1 atom stereocenters. The first-order chi connectivity index (χ1) is 18.2. The van der Waals surface area contributed by atoms with Crippen molar-refractivity contribution in [3.05, 3.63) is 97.1 Å². The van der Waals surface area contributed by atoms with Gasteiger partial charge < -0.3 is 19.8 Å². The van der Waals surface area contributed by atoms with Crippen molar-refractivity contribution in [2.75, 3.05) is 11.9 Å². The van der Waals surface area contributed by atoms with E-state index in [1.807, 2.05) is 54.7 Å². The zero-order valence-electron chi connectivity index (χ0n) is 19.7. The molecule has 0 saturated heterocycles. The number of hydrogen-bond donors (Lipinski definition) is 2. The van der Waals surface area contributed by atoms with Crippen LogP contribution in [0, 0.1) is 0 Å². The van der Waals surface area contributed by atoms with Gasteiger partial charge in [0.05, 0.1) is 18.2 Å². The summed E-state index contributed by atoms with van der Waals surface area (Å²) in [7, 11) is 0. The molecule has 1 amide bonds. The van der Waals surface area contributed by atoms with E-state index in [0.717, 1.165) is 34.8 Å². The molecule has 2 aromatic carbocycles. The van der Waals surface area contributed by atoms with Crippen LogP contribution in [0.5, 0.6) is 17.2 Å². The first-order valence-electron chi connectivity index (χ1n) is 11.8. The third-order valence-electron chi connectivity index (χ3n) is 6.00. The molecule has 6 rings (SSSR count). The Labute approximate surface area is 212 Å². The third-order valence-corrected chi connectivity index (χ3v) is 6.00. The molecule has 5 aromatic rings. The molecule has 0 fully saturated rings. The van der Waals surface area contributed by atoms with Gasteiger partial charge in [-0.3, -0.25) is 4.79 Å². The molecule has 0 radical (unpaired) electrons. The fourth-order valence-corrected chi connectivity index (χ4v) is 4.24. The first kappa shape index (κ1) is 22.5. The summed E-state index contributed by atoms with van der Waals surface area (Å²) in [6, 6.07) is 19.3. The average molecular weight is 494 g/mol. The highest BCUT2D eigenvalue weighted by Gasteiger charge is 2.24. The summed E-state index contributed by atoms with van der Waals surface area (Å²) in [5, 5.41) is 6.67. The minimum Gasteiger partial charge on any atom is -0.493 e. The maximum atomic E-state index is 12.2. The number of fused-ring (bicyclic) bond motifs is 1. The molecule has 184 valence electrons. The smallest absolute Gasteiger partial charge is 0.247 e. The largest absolute Gasteiger partial charge is 0.493 e. The molecular formula is C27H23N7O3. The number of benzene rings is 2. The SMILES string of the molecule is O=C(Cn1cncn1)Nc1cc(Oc2ccc3c(c2)C[C@@H](c2nc(-c4ccccc4)c[nH]2)CO3)ccn1. The number of carbonyl (C=O) groups is 1. The van der Waals surface area contributed by atoms with Crippen molar-refractivity contribution in [2.24, 2.45) is 0 Å². The fourth-order valence-electron chi connectivity index (χ4n) is 4.24. The number of anilines is 1. The Hall–Kier alpha value is -4.99. The van der Waals surface area contributed by atoms with Crippen LogP contribution in [-0.2, 0) is 17.8 Å². The zero-order chi connectivity index (χ0) is 25.0. The van der Waals surface area contributed by atoms with Crippen molar-refractivity contribution in [1.29, 1.82) is 0 Å². The van der Waals surface area contributed by atoms with Crippen molar-refractivity contribution in [1.82, 2.24) is 29.7 Å². The lowest BCUT2D eigenvalue weighted by Gasteiger charge is -2.24. The van der Waals surface area contributed by atoms with Gasteiger partial charge >= 0.3 is 0 Å². The van der Waals surface area contributed by atoms with Crippen LogP contribution in [0.4, 0.5) is 5.82 Å². The van der Waals surface area contributed by atoms with Crippen molar-refractivity contribution in [3.8, 4) is 28.5 Å². The summed E-state index contributed by atoms with van der Waals surface area (Å²) < 4.78 is 13.5. The molecule has 2 N–H and O–H groups in total. The molecule has 0 saturated carbocycles. The van der Waals surface area contributed by atoms with Crippen LogP contribution in [0.25, 0.3) is 11.3 Å². The van der Waals surface area contributed by atoms with Crippen LogP contribution in [0.3, 0.4) is 0 Å². The molecule has 0 spiro atoms. The summed E-state index contributed by atoms with van der Waals surface area (Å²) in [5.74, 6) is 3.19. The van der Waals surface area contributed by atoms with E-state index in [1.165, 1.54) is 17.3 Å². The summed E-state index contributed by atoms with van der Waals surface area (Å²) >= 11 is 0. The van der Waals surface area contributed by atoms with Gasteiger partial charge in [-0.25, -0.2) is 19.6 Å². The predicted molar refractivity (Wildman–Crippen MR) is 135 cm³/mol. The maximum Gasteiger partial charge on any atom is 0.247 e. The number of carbonyl (C=O) groups excluding carboxylic acids is 1. The Kier molecular flexibility index (Phi) is 6.04. The highest BCUT2D eigenvalue weighted by Crippen LogP contribution is 2.35. The molecule has 3 aromatic heterocycles. The number of nitrogens with zero attached hydrogens (tertiary/aromatic N) is 5. The van der Waals surface area contributed by atoms with Gasteiger partial charge in [-0.05, 0) is 36.2 Å². The second-order valence-corrected chi connectivity index (χ2v) is 8.64. The fraction of sp³-hybridized carbons (Fsp3) is 0.148. The van der Waals surface area contributed by atoms with Crippen LogP contribution >= 0.6 is 0 Å². The molecule has 10 nitrogen and oxygen atoms in total. The van der Waals surface area contributed by atoms with Crippen LogP contribution in [-0.4, -0.2) is 42.2 Å². The number of imidazole rings is 1. The van der Waals surface area contributed by atoms with Gasteiger partial charge in [0.15, 0.2) is 0 Å². The molecule has 37 heavy (non-hydrogen) atoms. The van der Waals surface area contributed by atoms with Crippen LogP contribution < -0.4 is 14.8 Å². The van der Waals surface area contributed by atoms with Crippen LogP contribution in [0.2, 0.25) is 0 Å². The lowest BCUT2D eigenvalue weighted by atomic mass is 9.96. The van der Waals surface area contributed by atoms with E-state index in [0.29, 0.717) is 23.9 Å². The third kappa shape index (κ3) is 5.18. The lowest BCUT2D eigenvalue weighted by molar-refractivity contribution is -0.116. The van der Waals surface area contributed by atoms with Gasteiger partial charge in [-0.2, -0.15) is 5.10 Å². The standard InChI is InChI=1S/C27H23N7O3/c35-26(14-34-17-28-16-31-34)33-25-12-22(8-9-29-25)37-21-6-7-24-19(11-21)10-20(15-36-24)27-30-13-23(32-27)18-4-2-1-3-5-18/h1-9,11-13,16-17,20H,10,14-15H2,(H,30,32)(H,29,33,35)/t20-/m1/s1. The second kappa shape index (κ2) is 9.94. The van der Waals surface area contributed by atoms with Crippen molar-refractivity contribution in [2.45, 2.75) is 18.9 Å². The number of aromatic nitrogens is 6. The number of ether oxygens (including phenoxy) is 2. The predicted octanol–water partition coefficient (Wildman–Crippen LogP) is 4.21. The van der Waals surface area contributed by atoms with E-state index >= 15 is 0 Å². The van der Waals surface area contributed by atoms with Crippen molar-refractivity contribution < 1.29 is 14.3 Å². The Morgan fingerprint density at radius 3 is 2.89 bits per heavy atom. The summed E-state index contributed by atoms with van der Waals surface area (Å²) in [4.78, 5) is 28.4. The van der Waals surface area contributed by atoms with Gasteiger partial charge in [0, 0.05) is 24.0 Å². The number of aromatic amines is 1. The highest BCUT2D eigenvalue weighted by molar-refractivity contribution is 5.89. The van der Waals surface area contributed by atoms with E-state index in [1.54, 1.807) is 18.3 Å². The Morgan fingerprint density at radius 2 is 2.03 bits per heavy atom. The molecule has 0 unspecified atom stereocenters. The van der Waals surface area contributed by atoms with E-state index in [9.17, 15) is 4.79 Å². The molecule has 1 aliphatic rings. The molecule has 0 bridgehead atoms. The minimum absolute atomic E-state index is 0.0429. The Balaban J connectivity index is 1.13. The number of pyridine rings is 1. The monoisotopic (exact) mass is 493 g/mol. The minimum atomic E-state index is -0.263. The topological polar surface area (TPSA) is 120 Å². The van der Waals surface area contributed by atoms with E-state index in [4.69, 9.17) is 14.5 Å². The van der Waals surface area contributed by atoms with Gasteiger partial charge in [0.1, 0.15) is 48.1 Å². The number of H-pyrrole nitrogens is 1. The van der Waals surface area contributed by atoms with Gasteiger partial charge in [-0.15, -0.1) is 0 Å². The Morgan fingerprint density at radius 1 is 1.14 bits per heavy atom. The molecule has 0 aliphatic carbocycles. The molecule has 1 aliphatic heterocycles. The number of amides is 1. The second-order valence-electron chi connectivity index (χ2n) is 8.64. The molecule has 4 heterocycles. The number of nitrogens with one attached hydrogen (secondary N) is 2. The highest BCUT2D eigenvalue weighted by atomic mass is 16.5. The van der Waals surface area contributed by atoms with Crippen LogP contribution in [0.15, 0.2) is 85.7 Å². The van der Waals surface area contributed by atoms with Gasteiger partial charge in [0.25, 0.3) is 0 Å². The molecular weight excluding hydrogens is 470 g/mol. The van der Waals surface area contributed by atoms with E-state index in [-0.39, 0.29) is 18.4 Å².